The van der Waals surface area contributed by atoms with Crippen LogP contribution in [0.4, 0.5) is 0 Å². The van der Waals surface area contributed by atoms with Gasteiger partial charge in [0.2, 0.25) is 0 Å². The van der Waals surface area contributed by atoms with Crippen molar-refractivity contribution in [1.29, 1.82) is 0 Å². The first-order valence-electron chi connectivity index (χ1n) is 11.5. The first-order chi connectivity index (χ1) is 16.4. The van der Waals surface area contributed by atoms with Gasteiger partial charge in [-0.1, -0.05) is 54.6 Å². The normalized spacial score (nSPS) is 21.1. The number of hydrogen-bond acceptors (Lipinski definition) is 5. The monoisotopic (exact) mass is 472 g/mol. The van der Waals surface area contributed by atoms with Gasteiger partial charge in [0.05, 0.1) is 17.4 Å². The second kappa shape index (κ2) is 9.29. The highest BCUT2D eigenvalue weighted by atomic mass is 32.1. The number of nitrogens with zero attached hydrogens (tertiary/aromatic N) is 2. The summed E-state index contributed by atoms with van der Waals surface area (Å²) in [7, 11) is 0. The topological polar surface area (TPSA) is 62.7 Å². The van der Waals surface area contributed by atoms with Crippen molar-refractivity contribution in [2.75, 3.05) is 13.3 Å². The molecule has 0 bridgehead atoms. The minimum absolute atomic E-state index is 0.0416. The Morgan fingerprint density at radius 1 is 1.21 bits per heavy atom. The van der Waals surface area contributed by atoms with E-state index in [1.165, 1.54) is 16.0 Å². The lowest BCUT2D eigenvalue weighted by Crippen LogP contribution is -2.45. The van der Waals surface area contributed by atoms with Crippen LogP contribution >= 0.6 is 11.3 Å². The SMILES string of the molecule is Cc1ccccc1-c1nc(C)c(C(C)N2COC3C=CC(c4cccc(C(=O)O)c4)=CC3C2)s1. The summed E-state index contributed by atoms with van der Waals surface area (Å²) in [5, 5.41) is 10.4. The molecule has 2 aromatic carbocycles. The highest BCUT2D eigenvalue weighted by molar-refractivity contribution is 7.15. The van der Waals surface area contributed by atoms with Gasteiger partial charge >= 0.3 is 5.97 Å². The third-order valence-corrected chi connectivity index (χ3v) is 8.10. The lowest BCUT2D eigenvalue weighted by molar-refractivity contribution is -0.0848. The Balaban J connectivity index is 1.36. The average Bonchev–Trinajstić information content (AvgIpc) is 3.24. The van der Waals surface area contributed by atoms with E-state index in [1.807, 2.05) is 12.1 Å². The number of ether oxygens (including phenoxy) is 1. The first-order valence-corrected chi connectivity index (χ1v) is 12.3. The lowest BCUT2D eigenvalue weighted by Gasteiger charge is -2.40. The number of aromatic carboxylic acids is 1. The van der Waals surface area contributed by atoms with E-state index >= 15 is 0 Å². The molecule has 1 aliphatic carbocycles. The maximum atomic E-state index is 11.4. The van der Waals surface area contributed by atoms with E-state index in [4.69, 9.17) is 9.72 Å². The molecule has 5 nitrogen and oxygen atoms in total. The van der Waals surface area contributed by atoms with Gasteiger partial charge in [0.1, 0.15) is 11.7 Å². The van der Waals surface area contributed by atoms with Crippen molar-refractivity contribution in [3.05, 3.63) is 94.0 Å². The summed E-state index contributed by atoms with van der Waals surface area (Å²) in [4.78, 5) is 19.9. The third kappa shape index (κ3) is 4.37. The van der Waals surface area contributed by atoms with Crippen LogP contribution in [0, 0.1) is 19.8 Å². The quantitative estimate of drug-likeness (QED) is 0.485. The summed E-state index contributed by atoms with van der Waals surface area (Å²) in [6.45, 7) is 7.89. The summed E-state index contributed by atoms with van der Waals surface area (Å²) in [6.07, 6.45) is 6.41. The largest absolute Gasteiger partial charge is 0.478 e. The molecule has 0 radical (unpaired) electrons. The van der Waals surface area contributed by atoms with Crippen LogP contribution in [0.25, 0.3) is 16.1 Å². The molecule has 2 heterocycles. The van der Waals surface area contributed by atoms with Crippen LogP contribution in [0.2, 0.25) is 0 Å². The molecule has 5 rings (SSSR count). The maximum absolute atomic E-state index is 11.4. The number of carboxylic acids is 1. The summed E-state index contributed by atoms with van der Waals surface area (Å²) in [5.74, 6) is -0.708. The van der Waals surface area contributed by atoms with Crippen molar-refractivity contribution in [1.82, 2.24) is 9.88 Å². The lowest BCUT2D eigenvalue weighted by atomic mass is 9.88. The Morgan fingerprint density at radius 2 is 2.03 bits per heavy atom. The molecular formula is C28H28N2O3S. The first kappa shape index (κ1) is 22.7. The second-order valence-electron chi connectivity index (χ2n) is 9.02. The summed E-state index contributed by atoms with van der Waals surface area (Å²) in [5.41, 5.74) is 5.76. The second-order valence-corrected chi connectivity index (χ2v) is 10.1. The fourth-order valence-electron chi connectivity index (χ4n) is 4.75. The van der Waals surface area contributed by atoms with Gasteiger partial charge in [0.25, 0.3) is 0 Å². The van der Waals surface area contributed by atoms with Crippen LogP contribution in [0.15, 0.2) is 66.8 Å². The molecule has 3 aromatic rings. The molecule has 174 valence electrons. The van der Waals surface area contributed by atoms with E-state index in [2.05, 4.69) is 62.1 Å². The summed E-state index contributed by atoms with van der Waals surface area (Å²) in [6, 6.07) is 15.7. The molecule has 0 spiro atoms. The maximum Gasteiger partial charge on any atom is 0.335 e. The molecule has 0 amide bonds. The van der Waals surface area contributed by atoms with Gasteiger partial charge in [0.15, 0.2) is 0 Å². The number of fused-ring (bicyclic) bond motifs is 1. The van der Waals surface area contributed by atoms with E-state index in [9.17, 15) is 9.90 Å². The number of carboxylic acid groups (broad SMARTS) is 1. The van der Waals surface area contributed by atoms with Gasteiger partial charge in [-0.15, -0.1) is 11.3 Å². The number of aryl methyl sites for hydroxylation is 2. The number of aromatic nitrogens is 1. The van der Waals surface area contributed by atoms with Crippen molar-refractivity contribution in [3.63, 3.8) is 0 Å². The third-order valence-electron chi connectivity index (χ3n) is 6.74. The van der Waals surface area contributed by atoms with E-state index in [0.717, 1.165) is 28.4 Å². The van der Waals surface area contributed by atoms with Crippen LogP contribution in [0.1, 0.15) is 45.0 Å². The molecule has 1 fully saturated rings. The molecule has 1 aromatic heterocycles. The summed E-state index contributed by atoms with van der Waals surface area (Å²) < 4.78 is 6.22. The Morgan fingerprint density at radius 3 is 2.82 bits per heavy atom. The van der Waals surface area contributed by atoms with E-state index in [0.29, 0.717) is 12.3 Å². The Labute approximate surface area is 204 Å². The Bertz CT molecular complexity index is 1290. The van der Waals surface area contributed by atoms with Crippen molar-refractivity contribution >= 4 is 22.9 Å². The standard InChI is InChI=1S/C28H28N2O3S/c1-17-7-4-5-10-24(17)27-29-18(2)26(34-27)19(3)30-15-23-14-21(11-12-25(23)33-16-30)20-8-6-9-22(13-20)28(31)32/h4-14,19,23,25H,15-16H2,1-3H3,(H,31,32). The number of allylic oxidation sites excluding steroid dienone is 2. The zero-order valence-corrected chi connectivity index (χ0v) is 20.4. The minimum Gasteiger partial charge on any atom is -0.478 e. The number of rotatable bonds is 5. The molecule has 1 N–H and O–H groups in total. The number of hydrogen-bond donors (Lipinski definition) is 1. The molecular weight excluding hydrogens is 444 g/mol. The minimum atomic E-state index is -0.911. The van der Waals surface area contributed by atoms with E-state index in [1.54, 1.807) is 29.5 Å². The molecule has 1 aliphatic heterocycles. The van der Waals surface area contributed by atoms with Gasteiger partial charge in [-0.25, -0.2) is 9.78 Å². The summed E-state index contributed by atoms with van der Waals surface area (Å²) >= 11 is 1.77. The molecule has 2 aliphatic rings. The molecule has 1 saturated heterocycles. The van der Waals surface area contributed by atoms with Crippen molar-refractivity contribution in [3.8, 4) is 10.6 Å². The predicted molar refractivity (Wildman–Crippen MR) is 136 cm³/mol. The van der Waals surface area contributed by atoms with Gasteiger partial charge in [-0.05, 0) is 49.6 Å². The van der Waals surface area contributed by atoms with Gasteiger partial charge in [-0.2, -0.15) is 0 Å². The van der Waals surface area contributed by atoms with Gasteiger partial charge < -0.3 is 9.84 Å². The van der Waals surface area contributed by atoms with Crippen LogP contribution in [-0.4, -0.2) is 40.3 Å². The molecule has 34 heavy (non-hydrogen) atoms. The predicted octanol–water partition coefficient (Wildman–Crippen LogP) is 6.11. The van der Waals surface area contributed by atoms with Crippen molar-refractivity contribution in [2.24, 2.45) is 5.92 Å². The Kier molecular flexibility index (Phi) is 6.21. The van der Waals surface area contributed by atoms with Gasteiger partial charge in [-0.3, -0.25) is 4.90 Å². The molecule has 6 heteroatoms. The van der Waals surface area contributed by atoms with Crippen LogP contribution < -0.4 is 0 Å². The zero-order chi connectivity index (χ0) is 23.8. The average molecular weight is 473 g/mol. The van der Waals surface area contributed by atoms with Crippen LogP contribution in [0.3, 0.4) is 0 Å². The number of carbonyl (C=O) groups is 1. The number of thiazole rings is 1. The van der Waals surface area contributed by atoms with Gasteiger partial charge in [0, 0.05) is 28.9 Å². The number of benzene rings is 2. The molecule has 0 saturated carbocycles. The van der Waals surface area contributed by atoms with E-state index < -0.39 is 5.97 Å². The zero-order valence-electron chi connectivity index (χ0n) is 19.6. The fourth-order valence-corrected chi connectivity index (χ4v) is 5.99. The van der Waals surface area contributed by atoms with E-state index in [-0.39, 0.29) is 18.1 Å². The highest BCUT2D eigenvalue weighted by Gasteiger charge is 2.33. The van der Waals surface area contributed by atoms with Crippen LogP contribution in [-0.2, 0) is 4.74 Å². The molecule has 3 atom stereocenters. The van der Waals surface area contributed by atoms with Crippen molar-refractivity contribution < 1.29 is 14.6 Å². The highest BCUT2D eigenvalue weighted by Crippen LogP contribution is 2.38. The van der Waals surface area contributed by atoms with Crippen molar-refractivity contribution in [2.45, 2.75) is 32.9 Å². The van der Waals surface area contributed by atoms with Crippen LogP contribution in [0.5, 0.6) is 0 Å². The smallest absolute Gasteiger partial charge is 0.335 e. The fraction of sp³-hybridized carbons (Fsp3) is 0.286. The molecule has 3 unspecified atom stereocenters. The Hall–Kier alpha value is -3.06.